The Morgan fingerprint density at radius 2 is 1.55 bits per heavy atom. The van der Waals surface area contributed by atoms with E-state index in [4.69, 9.17) is 11.6 Å². The van der Waals surface area contributed by atoms with Crippen LogP contribution in [0.15, 0.2) is 54.6 Å². The maximum absolute atomic E-state index is 5.93. The van der Waals surface area contributed by atoms with Crippen molar-refractivity contribution >= 4 is 17.2 Å². The number of halogens is 1. The zero-order chi connectivity index (χ0) is 15.9. The van der Waals surface area contributed by atoms with Crippen molar-refractivity contribution in [1.82, 2.24) is 5.32 Å². The van der Waals surface area contributed by atoms with Crippen molar-refractivity contribution < 1.29 is 0 Å². The summed E-state index contributed by atoms with van der Waals surface area (Å²) in [5.74, 6) is 0.687. The number of hydrogen-bond acceptors (Lipinski definition) is 1. The monoisotopic (exact) mass is 313 g/mol. The molecule has 0 aliphatic rings. The molecule has 0 heterocycles. The maximum Gasteiger partial charge on any atom is 0.0406 e. The topological polar surface area (TPSA) is 12.0 Å². The van der Waals surface area contributed by atoms with E-state index >= 15 is 0 Å². The third-order valence-corrected chi connectivity index (χ3v) is 3.87. The van der Waals surface area contributed by atoms with Gasteiger partial charge in [-0.25, -0.2) is 0 Å². The van der Waals surface area contributed by atoms with Gasteiger partial charge in [0.05, 0.1) is 0 Å². The molecule has 1 nitrogen and oxygen atoms in total. The van der Waals surface area contributed by atoms with Gasteiger partial charge < -0.3 is 5.32 Å². The van der Waals surface area contributed by atoms with Crippen LogP contribution in [-0.2, 0) is 0 Å². The molecule has 0 aliphatic carbocycles. The lowest BCUT2D eigenvalue weighted by molar-refractivity contribution is 0.577. The Labute approximate surface area is 139 Å². The summed E-state index contributed by atoms with van der Waals surface area (Å²) in [5.41, 5.74) is 4.98. The van der Waals surface area contributed by atoms with Crippen LogP contribution in [-0.4, -0.2) is 13.1 Å². The zero-order valence-corrected chi connectivity index (χ0v) is 14.3. The van der Waals surface area contributed by atoms with Crippen molar-refractivity contribution in [1.29, 1.82) is 0 Å². The first kappa shape index (κ1) is 16.8. The second-order valence-electron chi connectivity index (χ2n) is 6.02. The summed E-state index contributed by atoms with van der Waals surface area (Å²) in [5, 5.41) is 4.21. The molecule has 2 aromatic rings. The van der Waals surface area contributed by atoms with Crippen molar-refractivity contribution in [3.63, 3.8) is 0 Å². The molecule has 0 fully saturated rings. The highest BCUT2D eigenvalue weighted by atomic mass is 35.5. The lowest BCUT2D eigenvalue weighted by Crippen LogP contribution is -2.19. The Balaban J connectivity index is 2.01. The fourth-order valence-corrected chi connectivity index (χ4v) is 2.41. The molecule has 2 rings (SSSR count). The lowest BCUT2D eigenvalue weighted by atomic mass is 10.0. The Morgan fingerprint density at radius 3 is 2.09 bits per heavy atom. The Morgan fingerprint density at radius 1 is 1.00 bits per heavy atom. The molecule has 0 amide bonds. The second-order valence-corrected chi connectivity index (χ2v) is 6.46. The van der Waals surface area contributed by atoms with Gasteiger partial charge in [0.25, 0.3) is 0 Å². The molecule has 0 saturated carbocycles. The van der Waals surface area contributed by atoms with E-state index in [9.17, 15) is 0 Å². The van der Waals surface area contributed by atoms with Crippen molar-refractivity contribution in [3.05, 3.63) is 65.2 Å². The largest absolute Gasteiger partial charge is 0.313 e. The molecule has 0 unspecified atom stereocenters. The number of hydrogen-bond donors (Lipinski definition) is 1. The summed E-state index contributed by atoms with van der Waals surface area (Å²) >= 11 is 5.93. The fraction of sp³-hybridized carbons (Fsp3) is 0.300. The first-order chi connectivity index (χ1) is 10.6. The standard InChI is InChI=1S/C20H24ClN/c1-15(2)14-22-13-12-16(3)17-4-6-18(7-5-17)19-8-10-20(21)11-9-19/h4-12,15,22H,13-14H2,1-3H3. The fourth-order valence-electron chi connectivity index (χ4n) is 2.28. The summed E-state index contributed by atoms with van der Waals surface area (Å²) in [4.78, 5) is 0. The van der Waals surface area contributed by atoms with Gasteiger partial charge in [-0.2, -0.15) is 0 Å². The van der Waals surface area contributed by atoms with E-state index in [-0.39, 0.29) is 0 Å². The van der Waals surface area contributed by atoms with Crippen molar-refractivity contribution in [3.8, 4) is 11.1 Å². The smallest absolute Gasteiger partial charge is 0.0406 e. The van der Waals surface area contributed by atoms with Gasteiger partial charge in [-0.15, -0.1) is 0 Å². The molecule has 2 heteroatoms. The van der Waals surface area contributed by atoms with E-state index in [0.717, 1.165) is 18.1 Å². The normalized spacial score (nSPS) is 12.0. The third-order valence-electron chi connectivity index (χ3n) is 3.62. The van der Waals surface area contributed by atoms with E-state index < -0.39 is 0 Å². The van der Waals surface area contributed by atoms with Crippen LogP contribution in [0.3, 0.4) is 0 Å². The molecule has 22 heavy (non-hydrogen) atoms. The molecule has 2 aromatic carbocycles. The highest BCUT2D eigenvalue weighted by Crippen LogP contribution is 2.23. The van der Waals surface area contributed by atoms with Crippen LogP contribution in [0.1, 0.15) is 26.3 Å². The van der Waals surface area contributed by atoms with Crippen LogP contribution in [0.4, 0.5) is 0 Å². The predicted octanol–water partition coefficient (Wildman–Crippen LogP) is 5.66. The van der Waals surface area contributed by atoms with Crippen LogP contribution in [0.25, 0.3) is 16.7 Å². The molecule has 0 aromatic heterocycles. The molecule has 0 aliphatic heterocycles. The molecule has 0 spiro atoms. The number of allylic oxidation sites excluding steroid dienone is 1. The van der Waals surface area contributed by atoms with Gasteiger partial charge in [-0.05, 0) is 53.8 Å². The van der Waals surface area contributed by atoms with E-state index in [0.29, 0.717) is 5.92 Å². The summed E-state index contributed by atoms with van der Waals surface area (Å²) < 4.78 is 0. The Hall–Kier alpha value is -1.57. The predicted molar refractivity (Wildman–Crippen MR) is 98.2 cm³/mol. The van der Waals surface area contributed by atoms with Crippen LogP contribution < -0.4 is 5.32 Å². The minimum Gasteiger partial charge on any atom is -0.313 e. The van der Waals surface area contributed by atoms with Crippen molar-refractivity contribution in [2.45, 2.75) is 20.8 Å². The first-order valence-corrected chi connectivity index (χ1v) is 8.18. The number of benzene rings is 2. The molecule has 1 N–H and O–H groups in total. The molecular formula is C20H24ClN. The van der Waals surface area contributed by atoms with Crippen LogP contribution in [0.5, 0.6) is 0 Å². The summed E-state index contributed by atoms with van der Waals surface area (Å²) in [6.07, 6.45) is 2.25. The van der Waals surface area contributed by atoms with Crippen LogP contribution in [0.2, 0.25) is 5.02 Å². The van der Waals surface area contributed by atoms with Gasteiger partial charge in [0.1, 0.15) is 0 Å². The molecule has 0 radical (unpaired) electrons. The molecular weight excluding hydrogens is 290 g/mol. The third kappa shape index (κ3) is 5.01. The zero-order valence-electron chi connectivity index (χ0n) is 13.6. The van der Waals surface area contributed by atoms with Gasteiger partial charge in [-0.3, -0.25) is 0 Å². The average Bonchev–Trinajstić information content (AvgIpc) is 2.52. The molecule has 0 saturated heterocycles. The van der Waals surface area contributed by atoms with Gasteiger partial charge in [0.2, 0.25) is 0 Å². The van der Waals surface area contributed by atoms with E-state index in [2.05, 4.69) is 68.6 Å². The summed E-state index contributed by atoms with van der Waals surface area (Å²) in [7, 11) is 0. The van der Waals surface area contributed by atoms with E-state index in [1.165, 1.54) is 22.3 Å². The molecule has 0 bridgehead atoms. The quantitative estimate of drug-likeness (QED) is 0.679. The highest BCUT2D eigenvalue weighted by molar-refractivity contribution is 6.30. The van der Waals surface area contributed by atoms with Crippen molar-refractivity contribution in [2.75, 3.05) is 13.1 Å². The number of rotatable bonds is 6. The van der Waals surface area contributed by atoms with Crippen molar-refractivity contribution in [2.24, 2.45) is 5.92 Å². The Kier molecular flexibility index (Phi) is 6.23. The van der Waals surface area contributed by atoms with E-state index in [1.807, 2.05) is 12.1 Å². The number of nitrogens with one attached hydrogen (secondary N) is 1. The Bertz CT molecular complexity index is 609. The van der Waals surface area contributed by atoms with Gasteiger partial charge in [-0.1, -0.05) is 67.9 Å². The second kappa shape index (κ2) is 8.17. The SMILES string of the molecule is CC(=CCNCC(C)C)c1ccc(-c2ccc(Cl)cc2)cc1. The summed E-state index contributed by atoms with van der Waals surface area (Å²) in [6, 6.07) is 16.6. The minimum absolute atomic E-state index is 0.687. The van der Waals surface area contributed by atoms with Gasteiger partial charge in [0, 0.05) is 11.6 Å². The van der Waals surface area contributed by atoms with Crippen LogP contribution >= 0.6 is 11.6 Å². The highest BCUT2D eigenvalue weighted by Gasteiger charge is 2.00. The van der Waals surface area contributed by atoms with E-state index in [1.54, 1.807) is 0 Å². The first-order valence-electron chi connectivity index (χ1n) is 7.80. The molecule has 116 valence electrons. The minimum atomic E-state index is 0.687. The summed E-state index contributed by atoms with van der Waals surface area (Å²) in [6.45, 7) is 8.58. The lowest BCUT2D eigenvalue weighted by Gasteiger charge is -2.07. The average molecular weight is 314 g/mol. The van der Waals surface area contributed by atoms with Crippen LogP contribution in [0, 0.1) is 5.92 Å². The maximum atomic E-state index is 5.93. The van der Waals surface area contributed by atoms with Gasteiger partial charge in [0.15, 0.2) is 0 Å². The van der Waals surface area contributed by atoms with Gasteiger partial charge >= 0.3 is 0 Å². The molecule has 0 atom stereocenters.